The molecule has 90 valence electrons. The lowest BCUT2D eigenvalue weighted by Gasteiger charge is -2.07. The zero-order valence-corrected chi connectivity index (χ0v) is 10.7. The molecular formula is C13H8ClFN2S. The van der Waals surface area contributed by atoms with Gasteiger partial charge in [0.2, 0.25) is 0 Å². The van der Waals surface area contributed by atoms with Crippen LogP contribution in [0.25, 0.3) is 10.1 Å². The van der Waals surface area contributed by atoms with Crippen LogP contribution in [0.15, 0.2) is 41.9 Å². The molecule has 2 heterocycles. The molecule has 1 aromatic carbocycles. The first-order chi connectivity index (χ1) is 8.74. The van der Waals surface area contributed by atoms with E-state index in [0.29, 0.717) is 5.69 Å². The van der Waals surface area contributed by atoms with Gasteiger partial charge in [0.25, 0.3) is 0 Å². The van der Waals surface area contributed by atoms with Crippen LogP contribution in [0.2, 0.25) is 5.02 Å². The van der Waals surface area contributed by atoms with Gasteiger partial charge in [-0.3, -0.25) is 0 Å². The van der Waals surface area contributed by atoms with Crippen molar-refractivity contribution >= 4 is 44.5 Å². The van der Waals surface area contributed by atoms with E-state index >= 15 is 0 Å². The summed E-state index contributed by atoms with van der Waals surface area (Å²) >= 11 is 7.40. The maximum atomic E-state index is 13.1. The zero-order chi connectivity index (χ0) is 12.5. The number of nitrogens with one attached hydrogen (secondary N) is 1. The first-order valence-electron chi connectivity index (χ1n) is 5.28. The summed E-state index contributed by atoms with van der Waals surface area (Å²) in [6.45, 7) is 0. The van der Waals surface area contributed by atoms with Crippen molar-refractivity contribution in [2.75, 3.05) is 5.32 Å². The Hall–Kier alpha value is -1.65. The van der Waals surface area contributed by atoms with Crippen molar-refractivity contribution in [1.29, 1.82) is 0 Å². The van der Waals surface area contributed by atoms with Gasteiger partial charge in [0.05, 0.1) is 5.02 Å². The van der Waals surface area contributed by atoms with E-state index in [0.717, 1.165) is 15.9 Å². The van der Waals surface area contributed by atoms with Crippen molar-refractivity contribution in [3.8, 4) is 0 Å². The number of aromatic nitrogens is 1. The molecule has 3 aromatic rings. The van der Waals surface area contributed by atoms with Gasteiger partial charge in [-0.2, -0.15) is 0 Å². The molecule has 18 heavy (non-hydrogen) atoms. The predicted octanol–water partition coefficient (Wildman–Crippen LogP) is 4.83. The molecule has 0 fully saturated rings. The first kappa shape index (κ1) is 11.4. The fraction of sp³-hybridized carbons (Fsp3) is 0. The van der Waals surface area contributed by atoms with Gasteiger partial charge >= 0.3 is 0 Å². The molecule has 0 unspecified atom stereocenters. The SMILES string of the molecule is Fc1ccc(Nc2nccc3sccc23)cc1Cl. The topological polar surface area (TPSA) is 24.9 Å². The average Bonchev–Trinajstić information content (AvgIpc) is 2.83. The lowest BCUT2D eigenvalue weighted by atomic mass is 10.3. The molecular weight excluding hydrogens is 271 g/mol. The average molecular weight is 279 g/mol. The van der Waals surface area contributed by atoms with Crippen LogP contribution in [0.5, 0.6) is 0 Å². The van der Waals surface area contributed by atoms with E-state index < -0.39 is 5.82 Å². The molecule has 0 aliphatic heterocycles. The van der Waals surface area contributed by atoms with E-state index in [1.54, 1.807) is 29.7 Å². The Kier molecular flexibility index (Phi) is 2.89. The van der Waals surface area contributed by atoms with Crippen LogP contribution >= 0.6 is 22.9 Å². The Balaban J connectivity index is 2.01. The predicted molar refractivity (Wildman–Crippen MR) is 74.3 cm³/mol. The Morgan fingerprint density at radius 3 is 2.94 bits per heavy atom. The minimum absolute atomic E-state index is 0.0949. The van der Waals surface area contributed by atoms with Gasteiger partial charge in [0.15, 0.2) is 0 Å². The zero-order valence-electron chi connectivity index (χ0n) is 9.15. The maximum absolute atomic E-state index is 13.1. The highest BCUT2D eigenvalue weighted by Gasteiger charge is 2.05. The van der Waals surface area contributed by atoms with Crippen molar-refractivity contribution in [2.45, 2.75) is 0 Å². The molecule has 1 N–H and O–H groups in total. The molecule has 0 aliphatic carbocycles. The third kappa shape index (κ3) is 2.05. The van der Waals surface area contributed by atoms with Gasteiger partial charge in [-0.25, -0.2) is 9.37 Å². The van der Waals surface area contributed by atoms with E-state index in [9.17, 15) is 4.39 Å². The van der Waals surface area contributed by atoms with Gasteiger partial charge in [-0.15, -0.1) is 11.3 Å². The number of hydrogen-bond acceptors (Lipinski definition) is 3. The van der Waals surface area contributed by atoms with E-state index in [2.05, 4.69) is 10.3 Å². The molecule has 0 saturated heterocycles. The number of benzene rings is 1. The third-order valence-electron chi connectivity index (χ3n) is 2.56. The largest absolute Gasteiger partial charge is 0.340 e. The highest BCUT2D eigenvalue weighted by Crippen LogP contribution is 2.29. The fourth-order valence-electron chi connectivity index (χ4n) is 1.70. The second-order valence-electron chi connectivity index (χ2n) is 3.75. The molecule has 3 rings (SSSR count). The molecule has 2 aromatic heterocycles. The second kappa shape index (κ2) is 4.55. The highest BCUT2D eigenvalue weighted by atomic mass is 35.5. The number of halogens is 2. The van der Waals surface area contributed by atoms with Gasteiger partial charge < -0.3 is 5.32 Å². The number of fused-ring (bicyclic) bond motifs is 1. The Morgan fingerprint density at radius 2 is 2.11 bits per heavy atom. The monoisotopic (exact) mass is 278 g/mol. The Morgan fingerprint density at radius 1 is 1.22 bits per heavy atom. The maximum Gasteiger partial charge on any atom is 0.141 e. The van der Waals surface area contributed by atoms with E-state index in [1.165, 1.54) is 6.07 Å². The molecule has 0 aliphatic rings. The number of thiophene rings is 1. The van der Waals surface area contributed by atoms with Gasteiger partial charge in [0, 0.05) is 22.0 Å². The van der Waals surface area contributed by atoms with E-state index in [-0.39, 0.29) is 5.02 Å². The summed E-state index contributed by atoms with van der Waals surface area (Å²) in [5, 5.41) is 6.29. The van der Waals surface area contributed by atoms with Gasteiger partial charge in [-0.1, -0.05) is 11.6 Å². The number of anilines is 2. The molecule has 0 saturated carbocycles. The summed E-state index contributed by atoms with van der Waals surface area (Å²) in [5.41, 5.74) is 0.715. The molecule has 0 bridgehead atoms. The van der Waals surface area contributed by atoms with Crippen LogP contribution in [0.1, 0.15) is 0 Å². The normalized spacial score (nSPS) is 10.8. The minimum atomic E-state index is -0.427. The number of pyridine rings is 1. The van der Waals surface area contributed by atoms with Crippen molar-refractivity contribution in [3.63, 3.8) is 0 Å². The minimum Gasteiger partial charge on any atom is -0.340 e. The van der Waals surface area contributed by atoms with Crippen LogP contribution in [0.3, 0.4) is 0 Å². The van der Waals surface area contributed by atoms with Crippen molar-refractivity contribution in [1.82, 2.24) is 4.98 Å². The highest BCUT2D eigenvalue weighted by molar-refractivity contribution is 7.17. The molecule has 0 radical (unpaired) electrons. The van der Waals surface area contributed by atoms with Gasteiger partial charge in [0.1, 0.15) is 11.6 Å². The fourth-order valence-corrected chi connectivity index (χ4v) is 2.67. The summed E-state index contributed by atoms with van der Waals surface area (Å²) < 4.78 is 14.2. The summed E-state index contributed by atoms with van der Waals surface area (Å²) in [7, 11) is 0. The summed E-state index contributed by atoms with van der Waals surface area (Å²) in [6, 6.07) is 8.47. The smallest absolute Gasteiger partial charge is 0.141 e. The summed E-state index contributed by atoms with van der Waals surface area (Å²) in [4.78, 5) is 4.29. The second-order valence-corrected chi connectivity index (χ2v) is 5.10. The van der Waals surface area contributed by atoms with Crippen LogP contribution in [-0.2, 0) is 0 Å². The van der Waals surface area contributed by atoms with Crippen LogP contribution in [0.4, 0.5) is 15.9 Å². The molecule has 2 nitrogen and oxygen atoms in total. The lowest BCUT2D eigenvalue weighted by molar-refractivity contribution is 0.628. The number of rotatable bonds is 2. The molecule has 0 spiro atoms. The molecule has 5 heteroatoms. The van der Waals surface area contributed by atoms with E-state index in [4.69, 9.17) is 11.6 Å². The van der Waals surface area contributed by atoms with Crippen LogP contribution < -0.4 is 5.32 Å². The number of nitrogens with zero attached hydrogens (tertiary/aromatic N) is 1. The van der Waals surface area contributed by atoms with Crippen LogP contribution in [-0.4, -0.2) is 4.98 Å². The summed E-state index contributed by atoms with van der Waals surface area (Å²) in [6.07, 6.45) is 1.74. The summed E-state index contributed by atoms with van der Waals surface area (Å²) in [5.74, 6) is 0.320. The van der Waals surface area contributed by atoms with Gasteiger partial charge in [-0.05, 0) is 35.7 Å². The Bertz CT molecular complexity index is 711. The first-order valence-corrected chi connectivity index (χ1v) is 6.54. The van der Waals surface area contributed by atoms with Crippen LogP contribution in [0, 0.1) is 5.82 Å². The molecule has 0 amide bonds. The van der Waals surface area contributed by atoms with Crippen molar-refractivity contribution in [3.05, 3.63) is 52.7 Å². The molecule has 0 atom stereocenters. The van der Waals surface area contributed by atoms with E-state index in [1.807, 2.05) is 17.5 Å². The lowest BCUT2D eigenvalue weighted by Crippen LogP contribution is -1.93. The van der Waals surface area contributed by atoms with Crippen molar-refractivity contribution < 1.29 is 4.39 Å². The number of hydrogen-bond donors (Lipinski definition) is 1. The van der Waals surface area contributed by atoms with Crippen molar-refractivity contribution in [2.24, 2.45) is 0 Å². The standard InChI is InChI=1S/C13H8ClFN2S/c14-10-7-8(1-2-11(10)15)17-13-9-4-6-18-12(9)3-5-16-13/h1-7H,(H,16,17). The Labute approximate surface area is 112 Å². The quantitative estimate of drug-likeness (QED) is 0.726. The third-order valence-corrected chi connectivity index (χ3v) is 3.73.